The third-order valence-corrected chi connectivity index (χ3v) is 4.14. The highest BCUT2D eigenvalue weighted by Gasteiger charge is 2.17. The van der Waals surface area contributed by atoms with Crippen molar-refractivity contribution in [3.63, 3.8) is 0 Å². The molecule has 0 unspecified atom stereocenters. The lowest BCUT2D eigenvalue weighted by Crippen LogP contribution is -2.34. The van der Waals surface area contributed by atoms with Gasteiger partial charge in [0.2, 0.25) is 0 Å². The van der Waals surface area contributed by atoms with E-state index in [1.807, 2.05) is 19.9 Å². The summed E-state index contributed by atoms with van der Waals surface area (Å²) in [5.74, 6) is 1.17. The molecule has 0 radical (unpaired) electrons. The van der Waals surface area contributed by atoms with Crippen molar-refractivity contribution in [2.75, 3.05) is 22.6 Å². The first-order chi connectivity index (χ1) is 13.7. The summed E-state index contributed by atoms with van der Waals surface area (Å²) in [4.78, 5) is 20.8. The summed E-state index contributed by atoms with van der Waals surface area (Å²) in [5.41, 5.74) is 8.70. The molecule has 2 heterocycles. The Bertz CT molecular complexity index is 907. The predicted octanol–water partition coefficient (Wildman–Crippen LogP) is 4.70. The fourth-order valence-electron chi connectivity index (χ4n) is 2.76. The van der Waals surface area contributed by atoms with Crippen LogP contribution in [0.3, 0.4) is 0 Å². The maximum absolute atomic E-state index is 12.2. The largest absolute Gasteiger partial charge is 0.366 e. The van der Waals surface area contributed by atoms with E-state index in [2.05, 4.69) is 38.0 Å². The Morgan fingerprint density at radius 2 is 2.03 bits per heavy atom. The van der Waals surface area contributed by atoms with Gasteiger partial charge in [0, 0.05) is 29.2 Å². The van der Waals surface area contributed by atoms with Gasteiger partial charge >= 0.3 is 6.03 Å². The van der Waals surface area contributed by atoms with Crippen LogP contribution in [0.15, 0.2) is 30.9 Å². The normalized spacial score (nSPS) is 10.4. The van der Waals surface area contributed by atoms with Gasteiger partial charge in [0.1, 0.15) is 16.8 Å². The molecule has 0 aliphatic carbocycles. The second kappa shape index (κ2) is 9.88. The van der Waals surface area contributed by atoms with E-state index in [1.54, 1.807) is 32.1 Å². The van der Waals surface area contributed by atoms with E-state index >= 15 is 0 Å². The molecule has 2 aromatic heterocycles. The van der Waals surface area contributed by atoms with Gasteiger partial charge in [-0.3, -0.25) is 10.9 Å². The summed E-state index contributed by atoms with van der Waals surface area (Å²) < 4.78 is 0. The highest BCUT2D eigenvalue weighted by Crippen LogP contribution is 2.28. The molecule has 0 aliphatic heterocycles. The standard InChI is InChI=1S/C20H26ClN7O/c1-6-7-23-19-18(13(5)22)15(11(2)3)10-17(26-19)27-28-20(29)25-14-8-12(4)24-16(21)9-14/h6,8-11,22H,1,7H2,2-5H3,(H2,23,26,27)(H2,24,25,28,29). The Kier molecular flexibility index (Phi) is 7.55. The van der Waals surface area contributed by atoms with Gasteiger partial charge in [0.05, 0.1) is 0 Å². The van der Waals surface area contributed by atoms with Gasteiger partial charge in [-0.15, -0.1) is 6.58 Å². The van der Waals surface area contributed by atoms with Gasteiger partial charge in [-0.1, -0.05) is 31.5 Å². The third-order valence-electron chi connectivity index (χ3n) is 3.94. The van der Waals surface area contributed by atoms with Crippen LogP contribution in [0.2, 0.25) is 5.15 Å². The zero-order valence-corrected chi connectivity index (χ0v) is 17.7. The zero-order valence-electron chi connectivity index (χ0n) is 17.0. The number of nitrogens with zero attached hydrogens (tertiary/aromatic N) is 2. The molecule has 0 saturated heterocycles. The smallest absolute Gasteiger partial charge is 0.337 e. The molecule has 8 nitrogen and oxygen atoms in total. The summed E-state index contributed by atoms with van der Waals surface area (Å²) in [5, 5.41) is 14.3. The molecule has 5 N–H and O–H groups in total. The maximum Gasteiger partial charge on any atom is 0.337 e. The quantitative estimate of drug-likeness (QED) is 0.185. The van der Waals surface area contributed by atoms with E-state index in [-0.39, 0.29) is 5.92 Å². The number of amides is 2. The molecule has 29 heavy (non-hydrogen) atoms. The maximum atomic E-state index is 12.2. The van der Waals surface area contributed by atoms with Gasteiger partial charge in [0.15, 0.2) is 0 Å². The average Bonchev–Trinajstić information content (AvgIpc) is 2.62. The predicted molar refractivity (Wildman–Crippen MR) is 119 cm³/mol. The Morgan fingerprint density at radius 1 is 1.31 bits per heavy atom. The fraction of sp³-hybridized carbons (Fsp3) is 0.300. The Hall–Kier alpha value is -3.13. The lowest BCUT2D eigenvalue weighted by Gasteiger charge is -2.19. The average molecular weight is 416 g/mol. The van der Waals surface area contributed by atoms with Crippen molar-refractivity contribution >= 4 is 40.7 Å². The molecule has 0 aromatic carbocycles. The van der Waals surface area contributed by atoms with Crippen LogP contribution in [0.1, 0.15) is 43.5 Å². The number of aromatic nitrogens is 2. The van der Waals surface area contributed by atoms with Gasteiger partial charge in [-0.2, -0.15) is 0 Å². The zero-order chi connectivity index (χ0) is 21.6. The first-order valence-electron chi connectivity index (χ1n) is 9.13. The van der Waals surface area contributed by atoms with Crippen molar-refractivity contribution in [3.8, 4) is 0 Å². The molecule has 0 bridgehead atoms. The first kappa shape index (κ1) is 22.2. The number of hydrogen-bond acceptors (Lipinski definition) is 6. The number of urea groups is 1. The van der Waals surface area contributed by atoms with Crippen molar-refractivity contribution in [2.24, 2.45) is 0 Å². The van der Waals surface area contributed by atoms with Gasteiger partial charge < -0.3 is 16.0 Å². The summed E-state index contributed by atoms with van der Waals surface area (Å²) >= 11 is 5.91. The molecular formula is C20H26ClN7O. The van der Waals surface area contributed by atoms with Crippen LogP contribution in [-0.2, 0) is 0 Å². The molecule has 2 amide bonds. The van der Waals surface area contributed by atoms with Crippen molar-refractivity contribution in [1.29, 1.82) is 5.41 Å². The topological polar surface area (TPSA) is 115 Å². The number of nitrogens with one attached hydrogen (secondary N) is 5. The molecule has 0 spiro atoms. The summed E-state index contributed by atoms with van der Waals surface area (Å²) in [7, 11) is 0. The molecule has 0 fully saturated rings. The van der Waals surface area contributed by atoms with Crippen LogP contribution >= 0.6 is 11.6 Å². The number of rotatable bonds is 8. The van der Waals surface area contributed by atoms with E-state index in [4.69, 9.17) is 17.0 Å². The van der Waals surface area contributed by atoms with Crippen molar-refractivity contribution in [2.45, 2.75) is 33.6 Å². The SMILES string of the molecule is C=CCNc1nc(NNC(=O)Nc2cc(C)nc(Cl)c2)cc(C(C)C)c1C(C)=N. The summed E-state index contributed by atoms with van der Waals surface area (Å²) in [6.45, 7) is 11.8. The lowest BCUT2D eigenvalue weighted by atomic mass is 9.95. The van der Waals surface area contributed by atoms with Gasteiger partial charge in [-0.05, 0) is 43.5 Å². The number of aryl methyl sites for hydroxylation is 1. The molecule has 2 aromatic rings. The van der Waals surface area contributed by atoms with E-state index < -0.39 is 6.03 Å². The Morgan fingerprint density at radius 3 is 2.62 bits per heavy atom. The van der Waals surface area contributed by atoms with E-state index in [1.165, 1.54) is 0 Å². The Labute approximate surface area is 175 Å². The number of pyridine rings is 2. The molecule has 0 saturated carbocycles. The molecule has 0 aliphatic rings. The van der Waals surface area contributed by atoms with Crippen LogP contribution in [0.25, 0.3) is 0 Å². The van der Waals surface area contributed by atoms with Crippen molar-refractivity contribution in [3.05, 3.63) is 52.8 Å². The third kappa shape index (κ3) is 6.18. The minimum atomic E-state index is -0.479. The van der Waals surface area contributed by atoms with Crippen LogP contribution < -0.4 is 21.5 Å². The van der Waals surface area contributed by atoms with Crippen molar-refractivity contribution in [1.82, 2.24) is 15.4 Å². The minimum absolute atomic E-state index is 0.161. The van der Waals surface area contributed by atoms with Gasteiger partial charge in [-0.25, -0.2) is 14.8 Å². The monoisotopic (exact) mass is 415 g/mol. The fourth-order valence-corrected chi connectivity index (χ4v) is 3.01. The second-order valence-corrected chi connectivity index (χ2v) is 7.18. The van der Waals surface area contributed by atoms with Crippen LogP contribution in [0.4, 0.5) is 22.1 Å². The number of carbonyl (C=O) groups is 1. The van der Waals surface area contributed by atoms with E-state index in [0.29, 0.717) is 40.4 Å². The van der Waals surface area contributed by atoms with E-state index in [0.717, 1.165) is 11.1 Å². The van der Waals surface area contributed by atoms with Crippen LogP contribution in [0.5, 0.6) is 0 Å². The minimum Gasteiger partial charge on any atom is -0.366 e. The molecular weight excluding hydrogens is 390 g/mol. The number of hydrogen-bond donors (Lipinski definition) is 5. The lowest BCUT2D eigenvalue weighted by molar-refractivity contribution is 0.254. The molecule has 0 atom stereocenters. The molecule has 2 rings (SSSR count). The van der Waals surface area contributed by atoms with Crippen LogP contribution in [0, 0.1) is 12.3 Å². The second-order valence-electron chi connectivity index (χ2n) is 6.79. The number of hydrazine groups is 1. The number of anilines is 3. The Balaban J connectivity index is 2.20. The molecule has 154 valence electrons. The van der Waals surface area contributed by atoms with Crippen molar-refractivity contribution < 1.29 is 4.79 Å². The molecule has 9 heteroatoms. The number of carbonyl (C=O) groups excluding carboxylic acids is 1. The highest BCUT2D eigenvalue weighted by molar-refractivity contribution is 6.29. The van der Waals surface area contributed by atoms with Gasteiger partial charge in [0.25, 0.3) is 0 Å². The highest BCUT2D eigenvalue weighted by atomic mass is 35.5. The summed E-state index contributed by atoms with van der Waals surface area (Å²) in [6.07, 6.45) is 1.72. The number of halogens is 1. The first-order valence-corrected chi connectivity index (χ1v) is 9.51. The van der Waals surface area contributed by atoms with Crippen LogP contribution in [-0.4, -0.2) is 28.3 Å². The van der Waals surface area contributed by atoms with E-state index in [9.17, 15) is 4.79 Å². The summed E-state index contributed by atoms with van der Waals surface area (Å²) in [6, 6.07) is 4.61.